The molecule has 0 aromatic heterocycles. The van der Waals surface area contributed by atoms with Crippen molar-refractivity contribution in [2.45, 2.75) is 25.0 Å². The van der Waals surface area contributed by atoms with Gasteiger partial charge in [0, 0.05) is 17.4 Å². The predicted octanol–water partition coefficient (Wildman–Crippen LogP) is 2.85. The van der Waals surface area contributed by atoms with Crippen molar-refractivity contribution >= 4 is 15.9 Å². The van der Waals surface area contributed by atoms with Crippen LogP contribution in [0, 0.1) is 0 Å². The van der Waals surface area contributed by atoms with Crippen molar-refractivity contribution in [2.24, 2.45) is 0 Å². The molecule has 0 aliphatic carbocycles. The monoisotopic (exact) mass is 363 g/mol. The Morgan fingerprint density at radius 3 is 2.36 bits per heavy atom. The highest BCUT2D eigenvalue weighted by Gasteiger charge is 2.37. The fraction of sp³-hybridized carbons (Fsp3) is 0.333. The molecule has 0 bridgehead atoms. The van der Waals surface area contributed by atoms with Crippen LogP contribution in [0.4, 0.5) is 0 Å². The zero-order valence-corrected chi connectivity index (χ0v) is 14.3. The molecule has 118 valence electrons. The summed E-state index contributed by atoms with van der Waals surface area (Å²) in [5.41, 5.74) is 0.341. The molecule has 0 saturated carbocycles. The van der Waals surface area contributed by atoms with Crippen LogP contribution in [0.5, 0.6) is 0 Å². The molecule has 4 heteroatoms. The molecule has 2 rings (SSSR count). The number of nitrogens with one attached hydrogen (secondary N) is 1. The van der Waals surface area contributed by atoms with Gasteiger partial charge in [-0.05, 0) is 23.7 Å². The van der Waals surface area contributed by atoms with Gasteiger partial charge in [-0.25, -0.2) is 0 Å². The van der Waals surface area contributed by atoms with Gasteiger partial charge in [0.25, 0.3) is 0 Å². The predicted molar refractivity (Wildman–Crippen MR) is 92.7 cm³/mol. The summed E-state index contributed by atoms with van der Waals surface area (Å²) in [6.45, 7) is 3.06. The van der Waals surface area contributed by atoms with Crippen LogP contribution < -0.4 is 5.32 Å². The van der Waals surface area contributed by atoms with Crippen LogP contribution in [0.15, 0.2) is 59.1 Å². The molecule has 2 atom stereocenters. The minimum absolute atomic E-state index is 0.338. The molecule has 2 aromatic carbocycles. The smallest absolute Gasteiger partial charge is 0.121 e. The van der Waals surface area contributed by atoms with Crippen molar-refractivity contribution in [1.29, 1.82) is 0 Å². The number of hydrogen-bond acceptors (Lipinski definition) is 3. The van der Waals surface area contributed by atoms with Crippen LogP contribution in [0.3, 0.4) is 0 Å². The first-order valence-corrected chi connectivity index (χ1v) is 8.27. The fourth-order valence-corrected chi connectivity index (χ4v) is 2.95. The minimum atomic E-state index is -1.34. The van der Waals surface area contributed by atoms with Crippen LogP contribution in [0.2, 0.25) is 0 Å². The van der Waals surface area contributed by atoms with E-state index in [0.717, 1.165) is 22.1 Å². The summed E-state index contributed by atoms with van der Waals surface area (Å²) in [6, 6.07) is 17.1. The second-order valence-electron chi connectivity index (χ2n) is 5.38. The Labute approximate surface area is 140 Å². The molecule has 0 amide bonds. The maximum absolute atomic E-state index is 11.2. The lowest BCUT2D eigenvalue weighted by Crippen LogP contribution is -2.47. The summed E-state index contributed by atoms with van der Waals surface area (Å²) in [6.07, 6.45) is -0.563. The number of benzene rings is 2. The first-order chi connectivity index (χ1) is 10.6. The van der Waals surface area contributed by atoms with Crippen LogP contribution >= 0.6 is 15.9 Å². The van der Waals surface area contributed by atoms with Crippen LogP contribution in [0.25, 0.3) is 0 Å². The molecule has 2 aromatic rings. The van der Waals surface area contributed by atoms with E-state index in [4.69, 9.17) is 0 Å². The Morgan fingerprint density at radius 1 is 1.09 bits per heavy atom. The average Bonchev–Trinajstić information content (AvgIpc) is 2.55. The van der Waals surface area contributed by atoms with E-state index in [0.29, 0.717) is 13.0 Å². The lowest BCUT2D eigenvalue weighted by molar-refractivity contribution is -0.0787. The van der Waals surface area contributed by atoms with Crippen molar-refractivity contribution in [1.82, 2.24) is 5.32 Å². The van der Waals surface area contributed by atoms with Gasteiger partial charge in [0.1, 0.15) is 5.60 Å². The molecule has 0 aliphatic heterocycles. The van der Waals surface area contributed by atoms with E-state index < -0.39 is 11.7 Å². The zero-order valence-electron chi connectivity index (χ0n) is 12.7. The number of aliphatic hydroxyl groups excluding tert-OH is 1. The number of halogens is 1. The highest BCUT2D eigenvalue weighted by Crippen LogP contribution is 2.32. The molecule has 3 nitrogen and oxygen atoms in total. The number of likely N-dealkylation sites (N-methyl/N-ethyl adjacent to an activating group) is 1. The van der Waals surface area contributed by atoms with Crippen LogP contribution in [0.1, 0.15) is 18.1 Å². The van der Waals surface area contributed by atoms with E-state index in [9.17, 15) is 10.2 Å². The van der Waals surface area contributed by atoms with Gasteiger partial charge in [-0.2, -0.15) is 0 Å². The van der Waals surface area contributed by atoms with Crippen molar-refractivity contribution in [3.05, 3.63) is 70.2 Å². The zero-order chi connectivity index (χ0) is 16.0. The van der Waals surface area contributed by atoms with Gasteiger partial charge >= 0.3 is 0 Å². The Hall–Kier alpha value is -1.20. The third-order valence-electron chi connectivity index (χ3n) is 3.83. The van der Waals surface area contributed by atoms with E-state index in [1.807, 2.05) is 61.5 Å². The molecule has 0 heterocycles. The second kappa shape index (κ2) is 7.88. The quantitative estimate of drug-likeness (QED) is 0.708. The van der Waals surface area contributed by atoms with Crippen molar-refractivity contribution in [2.75, 3.05) is 13.1 Å². The molecule has 0 radical (unpaired) electrons. The lowest BCUT2D eigenvalue weighted by atomic mass is 9.82. The molecular formula is C18H22BrNO2. The summed E-state index contributed by atoms with van der Waals surface area (Å²) in [4.78, 5) is 0. The number of aliphatic hydroxyl groups is 2. The molecule has 0 fully saturated rings. The van der Waals surface area contributed by atoms with E-state index in [1.54, 1.807) is 0 Å². The lowest BCUT2D eigenvalue weighted by Gasteiger charge is -2.34. The maximum Gasteiger partial charge on any atom is 0.121 e. The van der Waals surface area contributed by atoms with Gasteiger partial charge in [-0.15, -0.1) is 0 Å². The second-order valence-corrected chi connectivity index (χ2v) is 6.24. The van der Waals surface area contributed by atoms with E-state index >= 15 is 0 Å². The van der Waals surface area contributed by atoms with Crippen molar-refractivity contribution in [3.8, 4) is 0 Å². The van der Waals surface area contributed by atoms with E-state index in [1.165, 1.54) is 0 Å². The summed E-state index contributed by atoms with van der Waals surface area (Å²) < 4.78 is 0.931. The molecule has 0 spiro atoms. The van der Waals surface area contributed by atoms with Gasteiger partial charge in [0.2, 0.25) is 0 Å². The van der Waals surface area contributed by atoms with Gasteiger partial charge in [-0.1, -0.05) is 71.4 Å². The van der Waals surface area contributed by atoms with E-state index in [2.05, 4.69) is 21.2 Å². The molecule has 0 saturated heterocycles. The van der Waals surface area contributed by atoms with Gasteiger partial charge in [-0.3, -0.25) is 0 Å². The number of rotatable bonds is 7. The van der Waals surface area contributed by atoms with Crippen LogP contribution in [-0.2, 0) is 12.0 Å². The number of hydrogen-bond donors (Lipinski definition) is 3. The standard InChI is InChI=1S/C18H22BrNO2/c1-2-20-13-17(21)18(22,15-9-4-3-5-10-15)12-14-8-6-7-11-16(14)19/h3-11,17,20-22H,2,12-13H2,1H3/t17?,18-/m1/s1. The SMILES string of the molecule is CCNCC(O)[C@@](O)(Cc1ccccc1Br)c1ccccc1. The maximum atomic E-state index is 11.2. The molecule has 1 unspecified atom stereocenters. The molecule has 3 N–H and O–H groups in total. The molecule has 22 heavy (non-hydrogen) atoms. The fourth-order valence-electron chi connectivity index (χ4n) is 2.52. The third-order valence-corrected chi connectivity index (χ3v) is 4.60. The Bertz CT molecular complexity index is 591. The normalized spacial score (nSPS) is 15.3. The summed E-state index contributed by atoms with van der Waals surface area (Å²) in [7, 11) is 0. The van der Waals surface area contributed by atoms with Gasteiger partial charge in [0.15, 0.2) is 0 Å². The Balaban J connectivity index is 2.35. The summed E-state index contributed by atoms with van der Waals surface area (Å²) in [5.74, 6) is 0. The minimum Gasteiger partial charge on any atom is -0.388 e. The summed E-state index contributed by atoms with van der Waals surface area (Å²) >= 11 is 3.51. The van der Waals surface area contributed by atoms with Crippen LogP contribution in [-0.4, -0.2) is 29.4 Å². The topological polar surface area (TPSA) is 52.5 Å². The highest BCUT2D eigenvalue weighted by atomic mass is 79.9. The third kappa shape index (κ3) is 3.96. The Morgan fingerprint density at radius 2 is 1.73 bits per heavy atom. The van der Waals surface area contributed by atoms with Crippen molar-refractivity contribution in [3.63, 3.8) is 0 Å². The molecule has 0 aliphatic rings. The van der Waals surface area contributed by atoms with Gasteiger partial charge < -0.3 is 15.5 Å². The molecular weight excluding hydrogens is 342 g/mol. The Kier molecular flexibility index (Phi) is 6.15. The van der Waals surface area contributed by atoms with Gasteiger partial charge in [0.05, 0.1) is 6.10 Å². The summed E-state index contributed by atoms with van der Waals surface area (Å²) in [5, 5.41) is 24.9. The largest absolute Gasteiger partial charge is 0.388 e. The van der Waals surface area contributed by atoms with Crippen molar-refractivity contribution < 1.29 is 10.2 Å². The first kappa shape index (κ1) is 17.2. The highest BCUT2D eigenvalue weighted by molar-refractivity contribution is 9.10. The van der Waals surface area contributed by atoms with E-state index in [-0.39, 0.29) is 0 Å². The first-order valence-electron chi connectivity index (χ1n) is 7.48. The average molecular weight is 364 g/mol.